The molecule has 0 atom stereocenters. The zero-order chi connectivity index (χ0) is 16.5. The summed E-state index contributed by atoms with van der Waals surface area (Å²) < 4.78 is 0. The second-order valence-corrected chi connectivity index (χ2v) is 11.3. The van der Waals surface area contributed by atoms with Crippen molar-refractivity contribution in [3.05, 3.63) is 23.6 Å². The molecule has 0 amide bonds. The topological polar surface area (TPSA) is 0 Å². The quantitative estimate of drug-likeness (QED) is 0.212. The molecule has 0 radical (unpaired) electrons. The van der Waals surface area contributed by atoms with Crippen molar-refractivity contribution in [3.63, 3.8) is 0 Å². The van der Waals surface area contributed by atoms with E-state index in [1.54, 1.807) is 0 Å². The molecule has 0 aliphatic rings. The summed E-state index contributed by atoms with van der Waals surface area (Å²) in [4.78, 5) is 0. The minimum absolute atomic E-state index is 1.28. The van der Waals surface area contributed by atoms with Crippen molar-refractivity contribution >= 4 is 8.07 Å². The van der Waals surface area contributed by atoms with Crippen molar-refractivity contribution in [3.8, 4) is 0 Å². The van der Waals surface area contributed by atoms with Gasteiger partial charge in [0.15, 0.2) is 0 Å². The zero-order valence-electron chi connectivity index (χ0n) is 16.0. The molecule has 0 rings (SSSR count). The molecule has 0 heterocycles. The van der Waals surface area contributed by atoms with Crippen LogP contribution in [-0.2, 0) is 0 Å². The van der Waals surface area contributed by atoms with Crippen LogP contribution in [0.4, 0.5) is 0 Å². The molecule has 0 saturated heterocycles. The maximum atomic E-state index is 2.62. The molecule has 0 unspecified atom stereocenters. The summed E-state index contributed by atoms with van der Waals surface area (Å²) in [6.45, 7) is 9.42. The monoisotopic (exact) mass is 322 g/mol. The molecule has 0 nitrogen and oxygen atoms in total. The summed E-state index contributed by atoms with van der Waals surface area (Å²) in [6, 6.07) is 1.45. The third-order valence-corrected chi connectivity index (χ3v) is 7.94. The van der Waals surface area contributed by atoms with Crippen LogP contribution in [0.25, 0.3) is 0 Å². The number of hydrogen-bond donors (Lipinski definition) is 0. The highest BCUT2D eigenvalue weighted by Crippen LogP contribution is 2.20. The van der Waals surface area contributed by atoms with E-state index in [0.717, 1.165) is 0 Å². The largest absolute Gasteiger partial charge is 0.0978 e. The molecule has 0 N–H and O–H groups in total. The standard InChI is InChI=1S/C21H42Si/c1-5-8-11-14-15-18-21-22(4,19-16-12-9-6-2)20-17-13-10-7-3/h16-17,19-20H,5-15,18,21H2,1-4H3. The SMILES string of the molecule is CCCCC=C[Si](C)(C=CCCCC)CCCCCCCC. The summed E-state index contributed by atoms with van der Waals surface area (Å²) in [5.41, 5.74) is 5.24. The maximum absolute atomic E-state index is 2.62. The van der Waals surface area contributed by atoms with Gasteiger partial charge in [-0.15, -0.1) is 0 Å². The summed E-state index contributed by atoms with van der Waals surface area (Å²) >= 11 is 0. The number of rotatable bonds is 15. The summed E-state index contributed by atoms with van der Waals surface area (Å²) in [7, 11) is -1.28. The third-order valence-electron chi connectivity index (χ3n) is 4.51. The summed E-state index contributed by atoms with van der Waals surface area (Å²) in [5.74, 6) is 0. The van der Waals surface area contributed by atoms with Crippen molar-refractivity contribution in [1.82, 2.24) is 0 Å². The first-order valence-electron chi connectivity index (χ1n) is 10.0. The number of unbranched alkanes of at least 4 members (excludes halogenated alkanes) is 9. The van der Waals surface area contributed by atoms with Crippen LogP contribution in [0.5, 0.6) is 0 Å². The van der Waals surface area contributed by atoms with E-state index in [2.05, 4.69) is 50.9 Å². The molecule has 0 aliphatic heterocycles. The highest BCUT2D eigenvalue weighted by Gasteiger charge is 2.19. The average molecular weight is 323 g/mol. The van der Waals surface area contributed by atoms with E-state index in [9.17, 15) is 0 Å². The first-order valence-corrected chi connectivity index (χ1v) is 12.9. The molecule has 0 aromatic heterocycles. The fourth-order valence-electron chi connectivity index (χ4n) is 2.86. The minimum atomic E-state index is -1.28. The maximum Gasteiger partial charge on any atom is 0.0978 e. The van der Waals surface area contributed by atoms with Gasteiger partial charge in [-0.25, -0.2) is 0 Å². The van der Waals surface area contributed by atoms with Gasteiger partial charge in [0.05, 0.1) is 8.07 Å². The van der Waals surface area contributed by atoms with Gasteiger partial charge in [-0.2, -0.15) is 0 Å². The summed E-state index contributed by atoms with van der Waals surface area (Å²) in [6.07, 6.45) is 21.4. The normalized spacial score (nSPS) is 14.9. The second-order valence-electron chi connectivity index (χ2n) is 7.11. The number of hydrogen-bond acceptors (Lipinski definition) is 0. The fourth-order valence-corrected chi connectivity index (χ4v) is 5.72. The van der Waals surface area contributed by atoms with Gasteiger partial charge in [0.1, 0.15) is 0 Å². The molecule has 0 spiro atoms. The Labute approximate surface area is 142 Å². The lowest BCUT2D eigenvalue weighted by Crippen LogP contribution is -2.24. The van der Waals surface area contributed by atoms with Gasteiger partial charge in [0.25, 0.3) is 0 Å². The van der Waals surface area contributed by atoms with Gasteiger partial charge in [-0.3, -0.25) is 0 Å². The van der Waals surface area contributed by atoms with Crippen LogP contribution in [0.2, 0.25) is 12.6 Å². The molecule has 0 fully saturated rings. The van der Waals surface area contributed by atoms with E-state index >= 15 is 0 Å². The van der Waals surface area contributed by atoms with E-state index < -0.39 is 8.07 Å². The van der Waals surface area contributed by atoms with Gasteiger partial charge in [-0.1, -0.05) is 121 Å². The van der Waals surface area contributed by atoms with Gasteiger partial charge < -0.3 is 0 Å². The highest BCUT2D eigenvalue weighted by atomic mass is 28.3. The Bertz CT molecular complexity index is 260. The molecule has 0 saturated carbocycles. The predicted molar refractivity (Wildman–Crippen MR) is 107 cm³/mol. The van der Waals surface area contributed by atoms with Gasteiger partial charge in [0, 0.05) is 0 Å². The smallest absolute Gasteiger partial charge is 0.0946 e. The molecule has 0 aromatic rings. The highest BCUT2D eigenvalue weighted by molar-refractivity contribution is 6.87. The van der Waals surface area contributed by atoms with E-state index in [4.69, 9.17) is 0 Å². The van der Waals surface area contributed by atoms with Crippen molar-refractivity contribution in [2.75, 3.05) is 0 Å². The van der Waals surface area contributed by atoms with E-state index in [1.165, 1.54) is 83.1 Å². The Kier molecular flexibility index (Phi) is 15.4. The van der Waals surface area contributed by atoms with Gasteiger partial charge >= 0.3 is 0 Å². The molecular formula is C21H42Si. The predicted octanol–water partition coefficient (Wildman–Crippen LogP) is 8.00. The van der Waals surface area contributed by atoms with E-state index in [0.29, 0.717) is 0 Å². The molecule has 0 aliphatic carbocycles. The Morgan fingerprint density at radius 2 is 1.05 bits per heavy atom. The van der Waals surface area contributed by atoms with Crippen LogP contribution in [0.1, 0.15) is 97.8 Å². The second kappa shape index (κ2) is 15.6. The Hall–Kier alpha value is -0.303. The fraction of sp³-hybridized carbons (Fsp3) is 0.810. The number of allylic oxidation sites excluding steroid dienone is 2. The van der Waals surface area contributed by atoms with Crippen molar-refractivity contribution in [2.45, 2.75) is 110 Å². The molecular weight excluding hydrogens is 280 g/mol. The van der Waals surface area contributed by atoms with Crippen molar-refractivity contribution in [1.29, 1.82) is 0 Å². The van der Waals surface area contributed by atoms with Gasteiger partial charge in [0.2, 0.25) is 0 Å². The first-order chi connectivity index (χ1) is 10.7. The van der Waals surface area contributed by atoms with E-state index in [-0.39, 0.29) is 0 Å². The van der Waals surface area contributed by atoms with Gasteiger partial charge in [-0.05, 0) is 12.8 Å². The van der Waals surface area contributed by atoms with Crippen LogP contribution in [-0.4, -0.2) is 8.07 Å². The van der Waals surface area contributed by atoms with Crippen molar-refractivity contribution in [2.24, 2.45) is 0 Å². The molecule has 130 valence electrons. The van der Waals surface area contributed by atoms with Crippen molar-refractivity contribution < 1.29 is 0 Å². The lowest BCUT2D eigenvalue weighted by atomic mass is 10.1. The Morgan fingerprint density at radius 1 is 0.591 bits per heavy atom. The van der Waals surface area contributed by atoms with Crippen LogP contribution in [0.3, 0.4) is 0 Å². The minimum Gasteiger partial charge on any atom is -0.0946 e. The van der Waals surface area contributed by atoms with Crippen LogP contribution in [0.15, 0.2) is 23.6 Å². The molecule has 0 bridgehead atoms. The third kappa shape index (κ3) is 13.4. The first kappa shape index (κ1) is 21.7. The van der Waals surface area contributed by atoms with Crippen LogP contribution >= 0.6 is 0 Å². The lowest BCUT2D eigenvalue weighted by Gasteiger charge is -2.19. The van der Waals surface area contributed by atoms with Crippen LogP contribution in [0, 0.1) is 0 Å². The summed E-state index contributed by atoms with van der Waals surface area (Å²) in [5, 5.41) is 0. The zero-order valence-corrected chi connectivity index (χ0v) is 17.0. The molecule has 1 heteroatoms. The Morgan fingerprint density at radius 3 is 1.55 bits per heavy atom. The molecule has 22 heavy (non-hydrogen) atoms. The lowest BCUT2D eigenvalue weighted by molar-refractivity contribution is 0.623. The average Bonchev–Trinajstić information content (AvgIpc) is 2.52. The molecule has 0 aromatic carbocycles. The van der Waals surface area contributed by atoms with Crippen LogP contribution < -0.4 is 0 Å². The Balaban J connectivity index is 4.25. The van der Waals surface area contributed by atoms with E-state index in [1.807, 2.05) is 0 Å².